The molecule has 1 heterocycles. The number of nitrogens with zero attached hydrogens (tertiary/aromatic N) is 1. The van der Waals surface area contributed by atoms with Crippen LogP contribution in [0.2, 0.25) is 0 Å². The van der Waals surface area contributed by atoms with E-state index in [9.17, 15) is 14.4 Å². The monoisotopic (exact) mass is 319 g/mol. The van der Waals surface area contributed by atoms with Gasteiger partial charge in [0.15, 0.2) is 0 Å². The highest BCUT2D eigenvalue weighted by atomic mass is 16.6. The van der Waals surface area contributed by atoms with E-state index in [1.54, 1.807) is 0 Å². The lowest BCUT2D eigenvalue weighted by molar-refractivity contribution is -0.150. The zero-order chi connectivity index (χ0) is 16.8. The number of benzene rings is 1. The molecule has 2 rings (SSSR count). The molecule has 0 N–H and O–H groups in total. The quantitative estimate of drug-likeness (QED) is 0.753. The minimum atomic E-state index is -0.640. The molecular weight excluding hydrogens is 298 g/mol. The summed E-state index contributed by atoms with van der Waals surface area (Å²) in [7, 11) is 0. The van der Waals surface area contributed by atoms with Crippen molar-refractivity contribution in [3.05, 3.63) is 35.9 Å². The van der Waals surface area contributed by atoms with Crippen LogP contribution in [0, 0.1) is 11.8 Å². The summed E-state index contributed by atoms with van der Waals surface area (Å²) in [5.41, 5.74) is 0.886. The first-order chi connectivity index (χ1) is 11.0. The number of cyclic esters (lactones) is 1. The lowest BCUT2D eigenvalue weighted by atomic mass is 9.91. The van der Waals surface area contributed by atoms with Gasteiger partial charge in [-0.3, -0.25) is 9.59 Å². The topological polar surface area (TPSA) is 72.9 Å². The van der Waals surface area contributed by atoms with Crippen LogP contribution in [0.3, 0.4) is 0 Å². The van der Waals surface area contributed by atoms with E-state index < -0.39 is 18.0 Å². The summed E-state index contributed by atoms with van der Waals surface area (Å²) in [5, 5.41) is 0. The van der Waals surface area contributed by atoms with Gasteiger partial charge in [-0.15, -0.1) is 0 Å². The van der Waals surface area contributed by atoms with Crippen molar-refractivity contribution in [2.75, 3.05) is 13.2 Å². The normalized spacial score (nSPS) is 15.4. The van der Waals surface area contributed by atoms with E-state index in [-0.39, 0.29) is 38.0 Å². The highest BCUT2D eigenvalue weighted by Gasteiger charge is 2.36. The number of hydrogen-bond donors (Lipinski definition) is 0. The Morgan fingerprint density at radius 1 is 1.26 bits per heavy atom. The number of hydrogen-bond acceptors (Lipinski definition) is 5. The van der Waals surface area contributed by atoms with Crippen molar-refractivity contribution in [1.82, 2.24) is 4.90 Å². The molecule has 124 valence electrons. The van der Waals surface area contributed by atoms with Crippen molar-refractivity contribution in [3.63, 3.8) is 0 Å². The Balaban J connectivity index is 1.92. The van der Waals surface area contributed by atoms with E-state index in [1.165, 1.54) is 0 Å². The highest BCUT2D eigenvalue weighted by molar-refractivity contribution is 5.95. The summed E-state index contributed by atoms with van der Waals surface area (Å²) in [6.45, 7) is 4.29. The van der Waals surface area contributed by atoms with Crippen LogP contribution in [-0.4, -0.2) is 36.0 Å². The minimum absolute atomic E-state index is 0.0485. The molecule has 6 heteroatoms. The molecule has 1 atom stereocenters. The summed E-state index contributed by atoms with van der Waals surface area (Å²) in [5.74, 6) is -1.50. The van der Waals surface area contributed by atoms with Gasteiger partial charge in [0.2, 0.25) is 5.91 Å². The van der Waals surface area contributed by atoms with E-state index >= 15 is 0 Å². The highest BCUT2D eigenvalue weighted by Crippen LogP contribution is 2.21. The number of imide groups is 1. The second kappa shape index (κ2) is 7.76. The molecule has 0 bridgehead atoms. The van der Waals surface area contributed by atoms with Crippen molar-refractivity contribution in [1.29, 1.82) is 0 Å². The van der Waals surface area contributed by atoms with E-state index in [0.717, 1.165) is 10.5 Å². The van der Waals surface area contributed by atoms with Crippen LogP contribution in [-0.2, 0) is 25.7 Å². The third-order valence-corrected chi connectivity index (χ3v) is 3.78. The summed E-state index contributed by atoms with van der Waals surface area (Å²) in [6, 6.07) is 9.33. The second-order valence-corrected chi connectivity index (χ2v) is 5.81. The molecule has 1 aromatic carbocycles. The number of amides is 2. The molecule has 1 aliphatic heterocycles. The van der Waals surface area contributed by atoms with Gasteiger partial charge in [-0.1, -0.05) is 44.2 Å². The Bertz CT molecular complexity index is 570. The lowest BCUT2D eigenvalue weighted by Gasteiger charge is -2.22. The Morgan fingerprint density at radius 2 is 1.96 bits per heavy atom. The largest absolute Gasteiger partial charge is 0.461 e. The maximum Gasteiger partial charge on any atom is 0.416 e. The maximum absolute atomic E-state index is 12.4. The van der Waals surface area contributed by atoms with Gasteiger partial charge in [0, 0.05) is 0 Å². The number of carbonyl (C=O) groups excluding carboxylic acids is 3. The number of carbonyl (C=O) groups is 3. The van der Waals surface area contributed by atoms with Crippen LogP contribution < -0.4 is 0 Å². The summed E-state index contributed by atoms with van der Waals surface area (Å²) in [4.78, 5) is 37.0. The van der Waals surface area contributed by atoms with Crippen LogP contribution in [0.1, 0.15) is 25.8 Å². The SMILES string of the molecule is CC(C)[C@H](CC(=O)OCc1ccccc1)C(=O)N1CCOC1=O. The van der Waals surface area contributed by atoms with E-state index in [2.05, 4.69) is 0 Å². The zero-order valence-corrected chi connectivity index (χ0v) is 13.4. The second-order valence-electron chi connectivity index (χ2n) is 5.81. The van der Waals surface area contributed by atoms with Crippen molar-refractivity contribution in [3.8, 4) is 0 Å². The van der Waals surface area contributed by atoms with Gasteiger partial charge in [0.1, 0.15) is 13.2 Å². The predicted molar refractivity (Wildman–Crippen MR) is 82.2 cm³/mol. The molecular formula is C17H21NO5. The fourth-order valence-corrected chi connectivity index (χ4v) is 2.38. The van der Waals surface area contributed by atoms with Crippen LogP contribution in [0.25, 0.3) is 0 Å². The lowest BCUT2D eigenvalue weighted by Crippen LogP contribution is -2.39. The van der Waals surface area contributed by atoms with Crippen molar-refractivity contribution >= 4 is 18.0 Å². The third kappa shape index (κ3) is 4.55. The molecule has 1 aliphatic rings. The summed E-state index contributed by atoms with van der Waals surface area (Å²) in [6.07, 6.45) is -0.689. The van der Waals surface area contributed by atoms with E-state index in [0.29, 0.717) is 0 Å². The molecule has 0 radical (unpaired) electrons. The van der Waals surface area contributed by atoms with E-state index in [1.807, 2.05) is 44.2 Å². The van der Waals surface area contributed by atoms with Crippen molar-refractivity contribution in [2.45, 2.75) is 26.9 Å². The first-order valence-electron chi connectivity index (χ1n) is 7.66. The Morgan fingerprint density at radius 3 is 2.52 bits per heavy atom. The van der Waals surface area contributed by atoms with Gasteiger partial charge in [0.25, 0.3) is 0 Å². The molecule has 1 saturated heterocycles. The third-order valence-electron chi connectivity index (χ3n) is 3.78. The summed E-state index contributed by atoms with van der Waals surface area (Å²) < 4.78 is 10.00. The summed E-state index contributed by atoms with van der Waals surface area (Å²) >= 11 is 0. The molecule has 2 amide bonds. The maximum atomic E-state index is 12.4. The number of rotatable bonds is 6. The van der Waals surface area contributed by atoms with E-state index in [4.69, 9.17) is 9.47 Å². The van der Waals surface area contributed by atoms with Crippen LogP contribution in [0.5, 0.6) is 0 Å². The standard InChI is InChI=1S/C17H21NO5/c1-12(2)14(16(20)18-8-9-22-17(18)21)10-15(19)23-11-13-6-4-3-5-7-13/h3-7,12,14H,8-11H2,1-2H3/t14-/m0/s1. The molecule has 0 spiro atoms. The van der Waals surface area contributed by atoms with Crippen LogP contribution >= 0.6 is 0 Å². The Hall–Kier alpha value is -2.37. The molecule has 1 aromatic rings. The fourth-order valence-electron chi connectivity index (χ4n) is 2.38. The van der Waals surface area contributed by atoms with Gasteiger partial charge in [-0.05, 0) is 11.5 Å². The molecule has 0 aliphatic carbocycles. The molecule has 0 aromatic heterocycles. The fraction of sp³-hybridized carbons (Fsp3) is 0.471. The Kier molecular flexibility index (Phi) is 5.73. The van der Waals surface area contributed by atoms with Crippen molar-refractivity contribution < 1.29 is 23.9 Å². The molecule has 1 fully saturated rings. The molecule has 0 saturated carbocycles. The zero-order valence-electron chi connectivity index (χ0n) is 13.4. The van der Waals surface area contributed by atoms with Gasteiger partial charge >= 0.3 is 12.1 Å². The molecule has 6 nitrogen and oxygen atoms in total. The van der Waals surface area contributed by atoms with Gasteiger partial charge < -0.3 is 9.47 Å². The van der Waals surface area contributed by atoms with Gasteiger partial charge in [0.05, 0.1) is 18.9 Å². The number of ether oxygens (including phenoxy) is 2. The van der Waals surface area contributed by atoms with Gasteiger partial charge in [-0.2, -0.15) is 0 Å². The first kappa shape index (κ1) is 17.0. The van der Waals surface area contributed by atoms with Crippen LogP contribution in [0.15, 0.2) is 30.3 Å². The Labute approximate surface area is 135 Å². The van der Waals surface area contributed by atoms with Crippen LogP contribution in [0.4, 0.5) is 4.79 Å². The molecule has 0 unspecified atom stereocenters. The van der Waals surface area contributed by atoms with Crippen molar-refractivity contribution in [2.24, 2.45) is 11.8 Å². The minimum Gasteiger partial charge on any atom is -0.461 e. The number of esters is 1. The molecule has 23 heavy (non-hydrogen) atoms. The first-order valence-corrected chi connectivity index (χ1v) is 7.66. The average Bonchev–Trinajstić information content (AvgIpc) is 2.97. The smallest absolute Gasteiger partial charge is 0.416 e. The predicted octanol–water partition coefficient (Wildman–Crippen LogP) is 2.37. The van der Waals surface area contributed by atoms with Gasteiger partial charge in [-0.25, -0.2) is 9.69 Å². The average molecular weight is 319 g/mol.